The van der Waals surface area contributed by atoms with Crippen molar-refractivity contribution in [3.63, 3.8) is 0 Å². The van der Waals surface area contributed by atoms with E-state index in [1.807, 2.05) is 6.92 Å². The standard InChI is InChI=1S/C12H17N/c1-3-10-7-5-6-8-12(10)11(4-2)9-13/h4-8H,3,9,13H2,1-2H3/b11-4+. The molecule has 1 rings (SSSR count). The summed E-state index contributed by atoms with van der Waals surface area (Å²) < 4.78 is 0. The normalized spacial score (nSPS) is 11.8. The molecular formula is C12H17N. The molecule has 0 atom stereocenters. The molecule has 0 saturated carbocycles. The van der Waals surface area contributed by atoms with Crippen LogP contribution in [-0.4, -0.2) is 6.54 Å². The summed E-state index contributed by atoms with van der Waals surface area (Å²) in [5.41, 5.74) is 9.58. The molecule has 0 radical (unpaired) electrons. The molecule has 0 spiro atoms. The average Bonchev–Trinajstić information content (AvgIpc) is 2.20. The van der Waals surface area contributed by atoms with Gasteiger partial charge in [-0.25, -0.2) is 0 Å². The Kier molecular flexibility index (Phi) is 3.71. The van der Waals surface area contributed by atoms with Crippen LogP contribution in [0.5, 0.6) is 0 Å². The maximum absolute atomic E-state index is 5.67. The first-order chi connectivity index (χ1) is 6.33. The molecule has 0 aliphatic carbocycles. The minimum atomic E-state index is 0.619. The van der Waals surface area contributed by atoms with Gasteiger partial charge in [0.15, 0.2) is 0 Å². The summed E-state index contributed by atoms with van der Waals surface area (Å²) in [5, 5.41) is 0. The highest BCUT2D eigenvalue weighted by atomic mass is 14.5. The van der Waals surface area contributed by atoms with E-state index in [1.165, 1.54) is 16.7 Å². The molecule has 0 aliphatic heterocycles. The lowest BCUT2D eigenvalue weighted by molar-refractivity contribution is 1.12. The fraction of sp³-hybridized carbons (Fsp3) is 0.333. The molecule has 2 N–H and O–H groups in total. The number of hydrogen-bond donors (Lipinski definition) is 1. The Bertz CT molecular complexity index is 300. The molecule has 1 aromatic carbocycles. The monoisotopic (exact) mass is 175 g/mol. The zero-order valence-electron chi connectivity index (χ0n) is 8.38. The Morgan fingerprint density at radius 2 is 2.08 bits per heavy atom. The van der Waals surface area contributed by atoms with Crippen LogP contribution in [0.25, 0.3) is 5.57 Å². The quantitative estimate of drug-likeness (QED) is 0.750. The van der Waals surface area contributed by atoms with Gasteiger partial charge in [0, 0.05) is 6.54 Å². The third-order valence-corrected chi connectivity index (χ3v) is 2.31. The summed E-state index contributed by atoms with van der Waals surface area (Å²) in [6.07, 6.45) is 3.15. The summed E-state index contributed by atoms with van der Waals surface area (Å²) in [6, 6.07) is 8.44. The van der Waals surface area contributed by atoms with Crippen LogP contribution < -0.4 is 5.73 Å². The van der Waals surface area contributed by atoms with Crippen molar-refractivity contribution in [1.82, 2.24) is 0 Å². The second-order valence-corrected chi connectivity index (χ2v) is 3.03. The number of rotatable bonds is 3. The zero-order chi connectivity index (χ0) is 9.68. The first-order valence-corrected chi connectivity index (χ1v) is 4.77. The maximum Gasteiger partial charge on any atom is 0.0180 e. The second kappa shape index (κ2) is 4.83. The molecule has 0 unspecified atom stereocenters. The van der Waals surface area contributed by atoms with Gasteiger partial charge in [0.25, 0.3) is 0 Å². The Hall–Kier alpha value is -1.08. The van der Waals surface area contributed by atoms with E-state index >= 15 is 0 Å². The molecule has 1 heteroatoms. The summed E-state index contributed by atoms with van der Waals surface area (Å²) >= 11 is 0. The van der Waals surface area contributed by atoms with Gasteiger partial charge in [-0.3, -0.25) is 0 Å². The SMILES string of the molecule is C/C=C(\CN)c1ccccc1CC. The highest BCUT2D eigenvalue weighted by Crippen LogP contribution is 2.18. The molecule has 70 valence electrons. The van der Waals surface area contributed by atoms with E-state index in [0.29, 0.717) is 6.54 Å². The third-order valence-electron chi connectivity index (χ3n) is 2.31. The van der Waals surface area contributed by atoms with E-state index in [1.54, 1.807) is 0 Å². The number of allylic oxidation sites excluding steroid dienone is 1. The number of hydrogen-bond acceptors (Lipinski definition) is 1. The van der Waals surface area contributed by atoms with Crippen LogP contribution in [0.1, 0.15) is 25.0 Å². The van der Waals surface area contributed by atoms with Crippen molar-refractivity contribution in [2.24, 2.45) is 5.73 Å². The first-order valence-electron chi connectivity index (χ1n) is 4.77. The fourth-order valence-electron chi connectivity index (χ4n) is 1.53. The molecule has 0 aromatic heterocycles. The summed E-state index contributed by atoms with van der Waals surface area (Å²) in [7, 11) is 0. The average molecular weight is 175 g/mol. The Morgan fingerprint density at radius 1 is 1.38 bits per heavy atom. The van der Waals surface area contributed by atoms with Crippen molar-refractivity contribution in [2.75, 3.05) is 6.54 Å². The number of benzene rings is 1. The Labute approximate surface area is 80.3 Å². The van der Waals surface area contributed by atoms with Crippen LogP contribution in [0.2, 0.25) is 0 Å². The van der Waals surface area contributed by atoms with Gasteiger partial charge in [-0.15, -0.1) is 0 Å². The van der Waals surface area contributed by atoms with Crippen molar-refractivity contribution in [2.45, 2.75) is 20.3 Å². The van der Waals surface area contributed by atoms with E-state index in [9.17, 15) is 0 Å². The molecule has 0 saturated heterocycles. The molecule has 13 heavy (non-hydrogen) atoms. The zero-order valence-corrected chi connectivity index (χ0v) is 8.38. The maximum atomic E-state index is 5.67. The lowest BCUT2D eigenvalue weighted by atomic mass is 9.98. The summed E-state index contributed by atoms with van der Waals surface area (Å²) in [6.45, 7) is 4.82. The van der Waals surface area contributed by atoms with Crippen LogP contribution in [0.15, 0.2) is 30.3 Å². The smallest absolute Gasteiger partial charge is 0.0180 e. The predicted molar refractivity (Wildman–Crippen MR) is 58.5 cm³/mol. The van der Waals surface area contributed by atoms with Crippen LogP contribution in [-0.2, 0) is 6.42 Å². The molecular weight excluding hydrogens is 158 g/mol. The molecule has 0 heterocycles. The van der Waals surface area contributed by atoms with Crippen LogP contribution in [0, 0.1) is 0 Å². The Balaban J connectivity index is 3.12. The number of aryl methyl sites for hydroxylation is 1. The molecule has 1 nitrogen and oxygen atoms in total. The van der Waals surface area contributed by atoms with E-state index in [0.717, 1.165) is 6.42 Å². The number of nitrogens with two attached hydrogens (primary N) is 1. The van der Waals surface area contributed by atoms with Gasteiger partial charge in [0.2, 0.25) is 0 Å². The van der Waals surface area contributed by atoms with E-state index in [2.05, 4.69) is 37.3 Å². The summed E-state index contributed by atoms with van der Waals surface area (Å²) in [5.74, 6) is 0. The van der Waals surface area contributed by atoms with E-state index in [4.69, 9.17) is 5.73 Å². The lowest BCUT2D eigenvalue weighted by Crippen LogP contribution is -2.04. The van der Waals surface area contributed by atoms with Gasteiger partial charge >= 0.3 is 0 Å². The van der Waals surface area contributed by atoms with Gasteiger partial charge in [-0.05, 0) is 30.0 Å². The largest absolute Gasteiger partial charge is 0.326 e. The second-order valence-electron chi connectivity index (χ2n) is 3.03. The van der Waals surface area contributed by atoms with Gasteiger partial charge in [-0.1, -0.05) is 37.3 Å². The molecule has 0 fully saturated rings. The van der Waals surface area contributed by atoms with Crippen molar-refractivity contribution in [3.05, 3.63) is 41.5 Å². The van der Waals surface area contributed by atoms with Gasteiger partial charge in [0.05, 0.1) is 0 Å². The minimum Gasteiger partial charge on any atom is -0.326 e. The molecule has 0 aliphatic rings. The molecule has 0 amide bonds. The topological polar surface area (TPSA) is 26.0 Å². The highest BCUT2D eigenvalue weighted by Gasteiger charge is 2.02. The van der Waals surface area contributed by atoms with Crippen molar-refractivity contribution >= 4 is 5.57 Å². The van der Waals surface area contributed by atoms with Crippen LogP contribution in [0.4, 0.5) is 0 Å². The fourth-order valence-corrected chi connectivity index (χ4v) is 1.53. The summed E-state index contributed by atoms with van der Waals surface area (Å²) in [4.78, 5) is 0. The van der Waals surface area contributed by atoms with Crippen molar-refractivity contribution in [1.29, 1.82) is 0 Å². The van der Waals surface area contributed by atoms with Crippen molar-refractivity contribution in [3.8, 4) is 0 Å². The highest BCUT2D eigenvalue weighted by molar-refractivity contribution is 5.69. The first kappa shape index (κ1) is 10.0. The van der Waals surface area contributed by atoms with Crippen LogP contribution >= 0.6 is 0 Å². The van der Waals surface area contributed by atoms with Crippen LogP contribution in [0.3, 0.4) is 0 Å². The predicted octanol–water partition coefficient (Wildman–Crippen LogP) is 2.61. The molecule has 1 aromatic rings. The minimum absolute atomic E-state index is 0.619. The van der Waals surface area contributed by atoms with Crippen molar-refractivity contribution < 1.29 is 0 Å². The van der Waals surface area contributed by atoms with Gasteiger partial charge in [0.1, 0.15) is 0 Å². The van der Waals surface area contributed by atoms with Gasteiger partial charge in [-0.2, -0.15) is 0 Å². The molecule has 0 bridgehead atoms. The van der Waals surface area contributed by atoms with E-state index in [-0.39, 0.29) is 0 Å². The lowest BCUT2D eigenvalue weighted by Gasteiger charge is -2.09. The van der Waals surface area contributed by atoms with Gasteiger partial charge < -0.3 is 5.73 Å². The van der Waals surface area contributed by atoms with E-state index < -0.39 is 0 Å². The Morgan fingerprint density at radius 3 is 2.62 bits per heavy atom. The third kappa shape index (κ3) is 2.19.